The van der Waals surface area contributed by atoms with Crippen LogP contribution in [0.3, 0.4) is 0 Å². The number of hydrogen-bond donors (Lipinski definition) is 2. The third-order valence-corrected chi connectivity index (χ3v) is 2.74. The smallest absolute Gasteiger partial charge is 0.323 e. The molecule has 1 amide bonds. The number of halogens is 1. The number of nitrogens with zero attached hydrogens (tertiary/aromatic N) is 1. The second-order valence-corrected chi connectivity index (χ2v) is 4.21. The maximum atomic E-state index is 11.4. The molecule has 6 heteroatoms. The average Bonchev–Trinajstić information content (AvgIpc) is 2.39. The van der Waals surface area contributed by atoms with Crippen molar-refractivity contribution in [2.24, 2.45) is 0 Å². The number of amides is 1. The largest absolute Gasteiger partial charge is 0.480 e. The molecule has 0 aromatic heterocycles. The molecule has 0 bridgehead atoms. The summed E-state index contributed by atoms with van der Waals surface area (Å²) in [6.07, 6.45) is 0.263. The van der Waals surface area contributed by atoms with E-state index < -0.39 is 5.97 Å². The van der Waals surface area contributed by atoms with Crippen molar-refractivity contribution in [3.63, 3.8) is 0 Å². The average molecular weight is 255 g/mol. The van der Waals surface area contributed by atoms with Gasteiger partial charge in [0.15, 0.2) is 0 Å². The van der Waals surface area contributed by atoms with E-state index in [4.69, 9.17) is 16.7 Å². The minimum absolute atomic E-state index is 0.124. The fraction of sp³-hybridized carbons (Fsp3) is 0.273. The minimum atomic E-state index is -0.940. The summed E-state index contributed by atoms with van der Waals surface area (Å²) in [5.74, 6) is -1.06. The lowest BCUT2D eigenvalue weighted by atomic mass is 10.2. The van der Waals surface area contributed by atoms with Gasteiger partial charge in [0.1, 0.15) is 6.54 Å². The van der Waals surface area contributed by atoms with E-state index in [1.54, 1.807) is 23.1 Å². The predicted octanol–water partition coefficient (Wildman–Crippen LogP) is 1.57. The van der Waals surface area contributed by atoms with Crippen molar-refractivity contribution < 1.29 is 14.7 Å². The predicted molar refractivity (Wildman–Crippen MR) is 64.5 cm³/mol. The van der Waals surface area contributed by atoms with E-state index in [9.17, 15) is 9.59 Å². The molecule has 0 spiro atoms. The number of aliphatic carboxylic acids is 1. The highest BCUT2D eigenvalue weighted by molar-refractivity contribution is 6.31. The maximum absolute atomic E-state index is 11.4. The number of hydrogen-bond acceptors (Lipinski definition) is 3. The Labute approximate surface area is 103 Å². The van der Waals surface area contributed by atoms with Crippen molar-refractivity contribution in [3.05, 3.63) is 23.2 Å². The molecule has 5 nitrogen and oxygen atoms in total. The Bertz CT molecular complexity index is 476. The van der Waals surface area contributed by atoms with Crippen molar-refractivity contribution in [2.75, 3.05) is 23.3 Å². The van der Waals surface area contributed by atoms with Crippen molar-refractivity contribution in [1.29, 1.82) is 0 Å². The third kappa shape index (κ3) is 2.68. The highest BCUT2D eigenvalue weighted by Gasteiger charge is 2.20. The number of benzene rings is 1. The molecular formula is C11H11ClN2O3. The van der Waals surface area contributed by atoms with E-state index in [0.29, 0.717) is 22.9 Å². The summed E-state index contributed by atoms with van der Waals surface area (Å²) < 4.78 is 0. The third-order valence-electron chi connectivity index (χ3n) is 2.51. The van der Waals surface area contributed by atoms with Gasteiger partial charge in [0.25, 0.3) is 0 Å². The number of rotatable bonds is 2. The first kappa shape index (κ1) is 11.7. The van der Waals surface area contributed by atoms with Crippen molar-refractivity contribution in [1.82, 2.24) is 0 Å². The Hall–Kier alpha value is -1.75. The lowest BCUT2D eigenvalue weighted by molar-refractivity contribution is -0.135. The van der Waals surface area contributed by atoms with Gasteiger partial charge < -0.3 is 15.3 Å². The number of carbonyl (C=O) groups excluding carboxylic acids is 1. The van der Waals surface area contributed by atoms with Crippen LogP contribution in [0, 0.1) is 0 Å². The summed E-state index contributed by atoms with van der Waals surface area (Å²) >= 11 is 5.88. The number of nitrogens with one attached hydrogen (secondary N) is 1. The number of carboxylic acid groups (broad SMARTS) is 1. The molecule has 1 aromatic carbocycles. The van der Waals surface area contributed by atoms with Crippen molar-refractivity contribution in [3.8, 4) is 0 Å². The van der Waals surface area contributed by atoms with E-state index in [2.05, 4.69) is 5.32 Å². The number of anilines is 2. The highest BCUT2D eigenvalue weighted by Crippen LogP contribution is 2.31. The summed E-state index contributed by atoms with van der Waals surface area (Å²) in [6.45, 7) is 0.216. The Morgan fingerprint density at radius 2 is 2.29 bits per heavy atom. The van der Waals surface area contributed by atoms with Gasteiger partial charge in [0, 0.05) is 18.0 Å². The SMILES string of the molecule is O=C(O)CN1CCC(=O)Nc2ccc(Cl)cc21. The molecular weight excluding hydrogens is 244 g/mol. The second-order valence-electron chi connectivity index (χ2n) is 3.77. The molecule has 1 aliphatic heterocycles. The van der Waals surface area contributed by atoms with E-state index in [1.807, 2.05) is 0 Å². The molecule has 0 unspecified atom stereocenters. The molecule has 2 N–H and O–H groups in total. The molecule has 2 rings (SSSR count). The zero-order valence-corrected chi connectivity index (χ0v) is 9.70. The molecule has 0 fully saturated rings. The Morgan fingerprint density at radius 1 is 1.53 bits per heavy atom. The first-order valence-corrected chi connectivity index (χ1v) is 5.50. The standard InChI is InChI=1S/C11H11ClN2O3/c12-7-1-2-8-9(5-7)14(6-11(16)17)4-3-10(15)13-8/h1-2,5H,3-4,6H2,(H,13,15)(H,16,17). The zero-order valence-electron chi connectivity index (χ0n) is 8.94. The zero-order chi connectivity index (χ0) is 12.4. The van der Waals surface area contributed by atoms with Crippen LogP contribution in [-0.4, -0.2) is 30.1 Å². The summed E-state index contributed by atoms with van der Waals surface area (Å²) in [5, 5.41) is 12.1. The fourth-order valence-electron chi connectivity index (χ4n) is 1.77. The molecule has 0 saturated carbocycles. The summed E-state index contributed by atoms with van der Waals surface area (Å²) in [5.41, 5.74) is 1.24. The van der Waals surface area contributed by atoms with Gasteiger partial charge in [0.2, 0.25) is 5.91 Å². The molecule has 0 saturated heterocycles. The molecule has 0 radical (unpaired) electrons. The number of fused-ring (bicyclic) bond motifs is 1. The van der Waals surface area contributed by atoms with Crippen LogP contribution in [0.1, 0.15) is 6.42 Å². The first-order valence-electron chi connectivity index (χ1n) is 5.12. The second kappa shape index (κ2) is 4.63. The fourth-order valence-corrected chi connectivity index (χ4v) is 1.94. The number of carboxylic acids is 1. The van der Waals surface area contributed by atoms with Crippen LogP contribution in [0.15, 0.2) is 18.2 Å². The molecule has 0 aliphatic carbocycles. The van der Waals surface area contributed by atoms with Crippen molar-refractivity contribution in [2.45, 2.75) is 6.42 Å². The Balaban J connectivity index is 2.40. The van der Waals surface area contributed by atoms with E-state index >= 15 is 0 Å². The Kier molecular flexibility index (Phi) is 3.19. The maximum Gasteiger partial charge on any atom is 0.323 e. The molecule has 1 heterocycles. The van der Waals surface area contributed by atoms with Gasteiger partial charge in [-0.15, -0.1) is 0 Å². The van der Waals surface area contributed by atoms with Crippen LogP contribution in [-0.2, 0) is 9.59 Å². The van der Waals surface area contributed by atoms with Gasteiger partial charge >= 0.3 is 5.97 Å². The molecule has 1 aromatic rings. The van der Waals surface area contributed by atoms with E-state index in [-0.39, 0.29) is 18.9 Å². The quantitative estimate of drug-likeness (QED) is 0.841. The van der Waals surface area contributed by atoms with Gasteiger partial charge in [-0.1, -0.05) is 11.6 Å². The summed E-state index contributed by atoms with van der Waals surface area (Å²) in [7, 11) is 0. The van der Waals surface area contributed by atoms with Gasteiger partial charge in [-0.05, 0) is 18.2 Å². The van der Waals surface area contributed by atoms with Gasteiger partial charge in [-0.25, -0.2) is 0 Å². The van der Waals surface area contributed by atoms with Crippen LogP contribution >= 0.6 is 11.6 Å². The molecule has 17 heavy (non-hydrogen) atoms. The topological polar surface area (TPSA) is 69.6 Å². The summed E-state index contributed by atoms with van der Waals surface area (Å²) in [6, 6.07) is 4.99. The van der Waals surface area contributed by atoms with E-state index in [0.717, 1.165) is 0 Å². The lowest BCUT2D eigenvalue weighted by Gasteiger charge is -2.22. The van der Waals surface area contributed by atoms with Crippen LogP contribution in [0.25, 0.3) is 0 Å². The number of carbonyl (C=O) groups is 2. The summed E-state index contributed by atoms with van der Waals surface area (Å²) in [4.78, 5) is 23.8. The Morgan fingerprint density at radius 3 is 3.00 bits per heavy atom. The minimum Gasteiger partial charge on any atom is -0.480 e. The van der Waals surface area contributed by atoms with Crippen molar-refractivity contribution >= 4 is 34.9 Å². The molecule has 90 valence electrons. The lowest BCUT2D eigenvalue weighted by Crippen LogP contribution is -2.30. The normalized spacial score (nSPS) is 14.9. The van der Waals surface area contributed by atoms with Crippen LogP contribution in [0.2, 0.25) is 5.02 Å². The van der Waals surface area contributed by atoms with E-state index in [1.165, 1.54) is 0 Å². The van der Waals surface area contributed by atoms with Gasteiger partial charge in [0.05, 0.1) is 11.4 Å². The molecule has 1 aliphatic rings. The molecule has 0 atom stereocenters. The van der Waals surface area contributed by atoms with Crippen LogP contribution < -0.4 is 10.2 Å². The van der Waals surface area contributed by atoms with Crippen LogP contribution in [0.5, 0.6) is 0 Å². The van der Waals surface area contributed by atoms with Gasteiger partial charge in [-0.3, -0.25) is 9.59 Å². The van der Waals surface area contributed by atoms with Crippen LogP contribution in [0.4, 0.5) is 11.4 Å². The monoisotopic (exact) mass is 254 g/mol. The van der Waals surface area contributed by atoms with Gasteiger partial charge in [-0.2, -0.15) is 0 Å². The first-order chi connectivity index (χ1) is 8.06. The highest BCUT2D eigenvalue weighted by atomic mass is 35.5.